The Kier molecular flexibility index (Phi) is 4.88. The zero-order valence-electron chi connectivity index (χ0n) is 14.6. The summed E-state index contributed by atoms with van der Waals surface area (Å²) in [4.78, 5) is 4.57. The van der Waals surface area contributed by atoms with Crippen LogP contribution in [0.5, 0.6) is 0 Å². The van der Waals surface area contributed by atoms with Gasteiger partial charge in [-0.1, -0.05) is 91.0 Å². The van der Waals surface area contributed by atoms with Crippen LogP contribution in [0.25, 0.3) is 0 Å². The van der Waals surface area contributed by atoms with E-state index in [1.165, 1.54) is 16.7 Å². The maximum atomic E-state index is 4.85. The molecular formula is C23H21N3. The highest BCUT2D eigenvalue weighted by molar-refractivity contribution is 6.06. The molecule has 1 unspecified atom stereocenters. The maximum absolute atomic E-state index is 4.85. The molecule has 0 N–H and O–H groups in total. The number of hydrogen-bond donors (Lipinski definition) is 0. The lowest BCUT2D eigenvalue weighted by Crippen LogP contribution is -2.17. The van der Waals surface area contributed by atoms with Crippen LogP contribution in [0.1, 0.15) is 22.6 Å². The molecule has 26 heavy (non-hydrogen) atoms. The van der Waals surface area contributed by atoms with Crippen LogP contribution in [0.2, 0.25) is 0 Å². The predicted octanol–water partition coefficient (Wildman–Crippen LogP) is 4.72. The van der Waals surface area contributed by atoms with Crippen molar-refractivity contribution < 1.29 is 0 Å². The Morgan fingerprint density at radius 3 is 2.15 bits per heavy atom. The Labute approximate surface area is 154 Å². The van der Waals surface area contributed by atoms with Crippen LogP contribution in [0.15, 0.2) is 101 Å². The minimum absolute atomic E-state index is 0.252. The molecule has 0 radical (unpaired) electrons. The van der Waals surface area contributed by atoms with Crippen LogP contribution in [0.3, 0.4) is 0 Å². The van der Waals surface area contributed by atoms with E-state index in [1.54, 1.807) is 0 Å². The third-order valence-electron chi connectivity index (χ3n) is 4.54. The molecule has 0 aliphatic carbocycles. The molecule has 3 aromatic rings. The van der Waals surface area contributed by atoms with Gasteiger partial charge in [0, 0.05) is 5.92 Å². The Morgan fingerprint density at radius 1 is 0.846 bits per heavy atom. The number of rotatable bonds is 5. The minimum atomic E-state index is 0.252. The molecule has 0 spiro atoms. The summed E-state index contributed by atoms with van der Waals surface area (Å²) in [5, 5.41) is 6.81. The zero-order valence-corrected chi connectivity index (χ0v) is 14.6. The highest BCUT2D eigenvalue weighted by Crippen LogP contribution is 2.28. The molecule has 1 aliphatic rings. The Hall–Kier alpha value is -3.20. The molecule has 0 saturated carbocycles. The summed E-state index contributed by atoms with van der Waals surface area (Å²) in [5.41, 5.74) is 4.76. The quantitative estimate of drug-likeness (QED) is 0.488. The normalized spacial score (nSPS) is 16.8. The number of benzene rings is 3. The largest absolute Gasteiger partial charge is 0.269 e. The third kappa shape index (κ3) is 3.72. The summed E-state index contributed by atoms with van der Waals surface area (Å²) in [6.45, 7) is 1.48. The Balaban J connectivity index is 1.56. The van der Waals surface area contributed by atoms with Crippen molar-refractivity contribution in [1.29, 1.82) is 0 Å². The van der Waals surface area contributed by atoms with Gasteiger partial charge in [-0.25, -0.2) is 0 Å². The van der Waals surface area contributed by atoms with E-state index in [9.17, 15) is 0 Å². The Morgan fingerprint density at radius 2 is 1.46 bits per heavy atom. The first-order valence-corrected chi connectivity index (χ1v) is 8.89. The monoisotopic (exact) mass is 339 g/mol. The van der Waals surface area contributed by atoms with E-state index in [-0.39, 0.29) is 5.92 Å². The average molecular weight is 339 g/mol. The molecule has 3 nitrogen and oxygen atoms in total. The van der Waals surface area contributed by atoms with Gasteiger partial charge in [0.2, 0.25) is 0 Å². The predicted molar refractivity (Wildman–Crippen MR) is 108 cm³/mol. The molecule has 0 aromatic heterocycles. The van der Waals surface area contributed by atoms with Gasteiger partial charge in [0.25, 0.3) is 0 Å². The fraction of sp³-hybridized carbons (Fsp3) is 0.130. The van der Waals surface area contributed by atoms with Crippen LogP contribution in [0.4, 0.5) is 0 Å². The topological polar surface area (TPSA) is 28.0 Å². The lowest BCUT2D eigenvalue weighted by molar-refractivity contribution is 0.487. The maximum Gasteiger partial charge on any atom is 0.106 e. The van der Waals surface area contributed by atoms with Crippen LogP contribution in [-0.4, -0.2) is 23.6 Å². The second kappa shape index (κ2) is 7.79. The first-order chi connectivity index (χ1) is 12.9. The van der Waals surface area contributed by atoms with Gasteiger partial charge in [0.05, 0.1) is 18.8 Å². The van der Waals surface area contributed by atoms with Gasteiger partial charge < -0.3 is 0 Å². The van der Waals surface area contributed by atoms with Gasteiger partial charge in [0.15, 0.2) is 0 Å². The molecule has 1 atom stereocenters. The summed E-state index contributed by atoms with van der Waals surface area (Å²) >= 11 is 0. The van der Waals surface area contributed by atoms with Crippen molar-refractivity contribution in [2.24, 2.45) is 10.1 Å². The molecule has 3 aromatic carbocycles. The van der Waals surface area contributed by atoms with Crippen molar-refractivity contribution in [2.45, 2.75) is 12.5 Å². The van der Waals surface area contributed by atoms with Crippen LogP contribution in [-0.2, 0) is 6.54 Å². The molecule has 0 bridgehead atoms. The van der Waals surface area contributed by atoms with Gasteiger partial charge in [-0.3, -0.25) is 10.0 Å². The zero-order chi connectivity index (χ0) is 17.6. The highest BCUT2D eigenvalue weighted by Gasteiger charge is 2.28. The van der Waals surface area contributed by atoms with Gasteiger partial charge in [-0.05, 0) is 16.7 Å². The fourth-order valence-electron chi connectivity index (χ4n) is 3.24. The van der Waals surface area contributed by atoms with E-state index in [2.05, 4.69) is 71.7 Å². The van der Waals surface area contributed by atoms with Crippen LogP contribution in [0, 0.1) is 0 Å². The second-order valence-electron chi connectivity index (χ2n) is 6.38. The summed E-state index contributed by atoms with van der Waals surface area (Å²) in [5.74, 6) is 0.252. The molecule has 0 fully saturated rings. The number of hydrazone groups is 1. The number of nitrogens with zero attached hydrogens (tertiary/aromatic N) is 3. The van der Waals surface area contributed by atoms with E-state index in [0.29, 0.717) is 6.54 Å². The molecule has 4 rings (SSSR count). The average Bonchev–Trinajstić information content (AvgIpc) is 3.14. The van der Waals surface area contributed by atoms with Gasteiger partial charge in [-0.2, -0.15) is 5.10 Å². The van der Waals surface area contributed by atoms with Crippen molar-refractivity contribution in [3.8, 4) is 0 Å². The van der Waals surface area contributed by atoms with Crippen molar-refractivity contribution >= 4 is 12.1 Å². The lowest BCUT2D eigenvalue weighted by atomic mass is 9.91. The van der Waals surface area contributed by atoms with Crippen molar-refractivity contribution in [3.05, 3.63) is 108 Å². The van der Waals surface area contributed by atoms with Gasteiger partial charge in [-0.15, -0.1) is 0 Å². The second-order valence-corrected chi connectivity index (χ2v) is 6.38. The summed E-state index contributed by atoms with van der Waals surface area (Å²) < 4.78 is 0. The summed E-state index contributed by atoms with van der Waals surface area (Å²) in [7, 11) is 0. The third-order valence-corrected chi connectivity index (χ3v) is 4.54. The lowest BCUT2D eigenvalue weighted by Gasteiger charge is -2.13. The highest BCUT2D eigenvalue weighted by atomic mass is 15.5. The molecule has 128 valence electrons. The molecule has 3 heteroatoms. The minimum Gasteiger partial charge on any atom is -0.269 e. The van der Waals surface area contributed by atoms with E-state index >= 15 is 0 Å². The van der Waals surface area contributed by atoms with Crippen LogP contribution >= 0.6 is 0 Å². The van der Waals surface area contributed by atoms with Gasteiger partial charge >= 0.3 is 0 Å². The smallest absolute Gasteiger partial charge is 0.106 e. The summed E-state index contributed by atoms with van der Waals surface area (Å²) in [6, 6.07) is 31.3. The van der Waals surface area contributed by atoms with Crippen molar-refractivity contribution in [2.75, 3.05) is 6.54 Å². The molecule has 1 aliphatic heterocycles. The number of aliphatic imine (C=N–C) groups is 1. The SMILES string of the molecule is C(=N/Cc1ccccc1)/N1CC(c2ccccc2)C(c2ccccc2)=N1. The molecular weight excluding hydrogens is 318 g/mol. The number of hydrogen-bond acceptors (Lipinski definition) is 2. The van der Waals surface area contributed by atoms with Crippen molar-refractivity contribution in [3.63, 3.8) is 0 Å². The van der Waals surface area contributed by atoms with Crippen molar-refractivity contribution in [1.82, 2.24) is 5.01 Å². The first-order valence-electron chi connectivity index (χ1n) is 8.89. The van der Waals surface area contributed by atoms with Crippen LogP contribution < -0.4 is 0 Å². The van der Waals surface area contributed by atoms with Gasteiger partial charge in [0.1, 0.15) is 6.34 Å². The Bertz CT molecular complexity index is 887. The standard InChI is InChI=1S/C23H21N3/c1-4-10-19(11-5-1)16-24-18-26-17-22(20-12-6-2-7-13-20)23(25-26)21-14-8-3-9-15-21/h1-15,18,22H,16-17H2/b24-18-. The molecule has 1 heterocycles. The molecule has 0 saturated heterocycles. The van der Waals surface area contributed by atoms with E-state index in [4.69, 9.17) is 5.10 Å². The fourth-order valence-corrected chi connectivity index (χ4v) is 3.24. The molecule has 0 amide bonds. The first kappa shape index (κ1) is 16.3. The van der Waals surface area contributed by atoms with E-state index < -0.39 is 0 Å². The van der Waals surface area contributed by atoms with E-state index in [0.717, 1.165) is 12.3 Å². The van der Waals surface area contributed by atoms with E-state index in [1.807, 2.05) is 35.6 Å². The summed E-state index contributed by atoms with van der Waals surface area (Å²) in [6.07, 6.45) is 1.86.